The van der Waals surface area contributed by atoms with Gasteiger partial charge in [-0.15, -0.1) is 0 Å². The van der Waals surface area contributed by atoms with E-state index >= 15 is 0 Å². The Balaban J connectivity index is 1.57. The van der Waals surface area contributed by atoms with Crippen LogP contribution in [0.4, 0.5) is 5.69 Å². The summed E-state index contributed by atoms with van der Waals surface area (Å²) in [4.78, 5) is 2.50. The Morgan fingerprint density at radius 3 is 2.64 bits per heavy atom. The smallest absolute Gasteiger partial charge is 0.0645 e. The highest BCUT2D eigenvalue weighted by Gasteiger charge is 2.25. The first-order chi connectivity index (χ1) is 10.8. The molecule has 1 atom stereocenters. The van der Waals surface area contributed by atoms with Crippen molar-refractivity contribution in [1.82, 2.24) is 9.78 Å². The minimum absolute atomic E-state index is 0.559. The number of nitrogens with zero attached hydrogens (tertiary/aromatic N) is 3. The second kappa shape index (κ2) is 5.34. The first-order valence-corrected chi connectivity index (χ1v) is 7.75. The van der Waals surface area contributed by atoms with Gasteiger partial charge >= 0.3 is 0 Å². The molecule has 1 aromatic heterocycles. The van der Waals surface area contributed by atoms with Crippen molar-refractivity contribution in [3.63, 3.8) is 0 Å². The number of benzene rings is 2. The van der Waals surface area contributed by atoms with Crippen molar-refractivity contribution in [3.05, 3.63) is 78.1 Å². The number of aromatic nitrogens is 2. The Hall–Kier alpha value is -2.55. The van der Waals surface area contributed by atoms with E-state index in [1.165, 1.54) is 16.8 Å². The van der Waals surface area contributed by atoms with Crippen molar-refractivity contribution in [3.8, 4) is 5.69 Å². The lowest BCUT2D eigenvalue weighted by atomic mass is 10.1. The molecule has 0 radical (unpaired) electrons. The van der Waals surface area contributed by atoms with Crippen LogP contribution >= 0.6 is 0 Å². The normalized spacial score (nSPS) is 16.8. The summed E-state index contributed by atoms with van der Waals surface area (Å²) >= 11 is 0. The van der Waals surface area contributed by atoms with E-state index in [1.54, 1.807) is 6.20 Å². The van der Waals surface area contributed by atoms with Crippen LogP contribution in [0, 0.1) is 0 Å². The van der Waals surface area contributed by atoms with Gasteiger partial charge in [-0.2, -0.15) is 5.10 Å². The highest BCUT2D eigenvalue weighted by molar-refractivity contribution is 5.59. The number of hydrogen-bond donors (Lipinski definition) is 0. The number of para-hydroxylation sites is 1. The summed E-state index contributed by atoms with van der Waals surface area (Å²) in [7, 11) is 0. The van der Waals surface area contributed by atoms with Crippen LogP contribution < -0.4 is 4.90 Å². The fourth-order valence-corrected chi connectivity index (χ4v) is 3.24. The molecule has 1 aliphatic heterocycles. The van der Waals surface area contributed by atoms with Gasteiger partial charge in [0.1, 0.15) is 0 Å². The van der Waals surface area contributed by atoms with Crippen LogP contribution in [0.25, 0.3) is 5.69 Å². The van der Waals surface area contributed by atoms with Crippen LogP contribution in [0.5, 0.6) is 0 Å². The van der Waals surface area contributed by atoms with Gasteiger partial charge in [-0.05, 0) is 48.7 Å². The third-order valence-electron chi connectivity index (χ3n) is 4.41. The van der Waals surface area contributed by atoms with Crippen LogP contribution in [0.15, 0.2) is 67.0 Å². The maximum absolute atomic E-state index is 4.27. The molecule has 1 unspecified atom stereocenters. The molecule has 0 N–H and O–H groups in total. The first kappa shape index (κ1) is 13.1. The lowest BCUT2D eigenvalue weighted by Crippen LogP contribution is -2.28. The van der Waals surface area contributed by atoms with Crippen molar-refractivity contribution in [2.24, 2.45) is 0 Å². The van der Waals surface area contributed by atoms with Gasteiger partial charge in [0, 0.05) is 30.7 Å². The van der Waals surface area contributed by atoms with Gasteiger partial charge in [0.05, 0.1) is 5.69 Å². The summed E-state index contributed by atoms with van der Waals surface area (Å²) in [6.07, 6.45) is 4.91. The van der Waals surface area contributed by atoms with Gasteiger partial charge in [-0.25, -0.2) is 4.68 Å². The number of fused-ring (bicyclic) bond motifs is 1. The molecular formula is C19H19N3. The van der Waals surface area contributed by atoms with Crippen LogP contribution in [-0.4, -0.2) is 15.8 Å². The van der Waals surface area contributed by atoms with Crippen LogP contribution in [0.2, 0.25) is 0 Å². The van der Waals surface area contributed by atoms with Crippen molar-refractivity contribution < 1.29 is 0 Å². The SMILES string of the molecule is CC1Cc2ccccc2N1Cc1ccc(-n2cccn2)cc1. The number of hydrogen-bond acceptors (Lipinski definition) is 2. The van der Waals surface area contributed by atoms with E-state index in [1.807, 2.05) is 16.9 Å². The molecule has 1 aliphatic rings. The quantitative estimate of drug-likeness (QED) is 0.731. The van der Waals surface area contributed by atoms with Gasteiger partial charge in [0.25, 0.3) is 0 Å². The van der Waals surface area contributed by atoms with E-state index in [0.29, 0.717) is 6.04 Å². The molecule has 4 rings (SSSR count). The van der Waals surface area contributed by atoms with Gasteiger partial charge in [0.2, 0.25) is 0 Å². The van der Waals surface area contributed by atoms with E-state index in [9.17, 15) is 0 Å². The summed E-state index contributed by atoms with van der Waals surface area (Å²) in [5.74, 6) is 0. The first-order valence-electron chi connectivity index (χ1n) is 7.75. The molecule has 3 heteroatoms. The Morgan fingerprint density at radius 1 is 1.05 bits per heavy atom. The molecule has 0 spiro atoms. The van der Waals surface area contributed by atoms with Gasteiger partial charge in [0.15, 0.2) is 0 Å². The third-order valence-corrected chi connectivity index (χ3v) is 4.41. The molecule has 0 saturated carbocycles. The number of anilines is 1. The lowest BCUT2D eigenvalue weighted by molar-refractivity contribution is 0.672. The minimum atomic E-state index is 0.559. The maximum Gasteiger partial charge on any atom is 0.0645 e. The van der Waals surface area contributed by atoms with Crippen molar-refractivity contribution >= 4 is 5.69 Å². The zero-order valence-electron chi connectivity index (χ0n) is 12.7. The van der Waals surface area contributed by atoms with E-state index in [4.69, 9.17) is 0 Å². The standard InChI is InChI=1S/C19H19N3/c1-15-13-17-5-2-3-6-19(17)21(15)14-16-7-9-18(10-8-16)22-12-4-11-20-22/h2-12,15H,13-14H2,1H3. The van der Waals surface area contributed by atoms with Crippen LogP contribution in [0.3, 0.4) is 0 Å². The zero-order chi connectivity index (χ0) is 14.9. The van der Waals surface area contributed by atoms with Gasteiger partial charge in [-0.1, -0.05) is 30.3 Å². The Kier molecular flexibility index (Phi) is 3.19. The lowest BCUT2D eigenvalue weighted by Gasteiger charge is -2.25. The second-order valence-electron chi connectivity index (χ2n) is 5.93. The molecule has 110 valence electrons. The zero-order valence-corrected chi connectivity index (χ0v) is 12.7. The van der Waals surface area contributed by atoms with Crippen molar-refractivity contribution in [2.45, 2.75) is 25.9 Å². The van der Waals surface area contributed by atoms with Crippen LogP contribution in [-0.2, 0) is 13.0 Å². The molecule has 0 bridgehead atoms. The molecule has 0 amide bonds. The summed E-state index contributed by atoms with van der Waals surface area (Å²) in [5, 5.41) is 4.27. The molecule has 2 heterocycles. The molecule has 2 aromatic carbocycles. The van der Waals surface area contributed by atoms with E-state index in [2.05, 4.69) is 65.5 Å². The van der Waals surface area contributed by atoms with Crippen molar-refractivity contribution in [2.75, 3.05) is 4.90 Å². The molecular weight excluding hydrogens is 270 g/mol. The highest BCUT2D eigenvalue weighted by atomic mass is 15.3. The van der Waals surface area contributed by atoms with Gasteiger partial charge < -0.3 is 4.90 Å². The molecule has 22 heavy (non-hydrogen) atoms. The largest absolute Gasteiger partial charge is 0.364 e. The van der Waals surface area contributed by atoms with E-state index in [0.717, 1.165) is 18.7 Å². The number of rotatable bonds is 3. The third kappa shape index (κ3) is 2.29. The summed E-state index contributed by atoms with van der Waals surface area (Å²) < 4.78 is 1.89. The highest BCUT2D eigenvalue weighted by Crippen LogP contribution is 2.33. The van der Waals surface area contributed by atoms with Crippen molar-refractivity contribution in [1.29, 1.82) is 0 Å². The minimum Gasteiger partial charge on any atom is -0.364 e. The summed E-state index contributed by atoms with van der Waals surface area (Å²) in [6, 6.07) is 19.9. The molecule has 3 nitrogen and oxygen atoms in total. The predicted octanol–water partition coefficient (Wildman–Crippen LogP) is 3.82. The average molecular weight is 289 g/mol. The molecule has 3 aromatic rings. The topological polar surface area (TPSA) is 21.1 Å². The average Bonchev–Trinajstić information content (AvgIpc) is 3.17. The Bertz CT molecular complexity index is 760. The molecule has 0 fully saturated rings. The predicted molar refractivity (Wildman–Crippen MR) is 89.4 cm³/mol. The monoisotopic (exact) mass is 289 g/mol. The Labute approximate surface area is 130 Å². The maximum atomic E-state index is 4.27. The fourth-order valence-electron chi connectivity index (χ4n) is 3.24. The summed E-state index contributed by atoms with van der Waals surface area (Å²) in [6.45, 7) is 3.26. The summed E-state index contributed by atoms with van der Waals surface area (Å²) in [5.41, 5.74) is 5.28. The van der Waals surface area contributed by atoms with E-state index in [-0.39, 0.29) is 0 Å². The molecule has 0 saturated heterocycles. The molecule has 0 aliphatic carbocycles. The fraction of sp³-hybridized carbons (Fsp3) is 0.211. The van der Waals surface area contributed by atoms with Crippen LogP contribution in [0.1, 0.15) is 18.1 Å². The Morgan fingerprint density at radius 2 is 1.86 bits per heavy atom. The second-order valence-corrected chi connectivity index (χ2v) is 5.93. The van der Waals surface area contributed by atoms with E-state index < -0.39 is 0 Å². The van der Waals surface area contributed by atoms with Gasteiger partial charge in [-0.3, -0.25) is 0 Å².